The van der Waals surface area contributed by atoms with Crippen LogP contribution < -0.4 is 18.9 Å². The number of hydrogen-bond acceptors (Lipinski definition) is 12. The number of ether oxygens (including phenoxy) is 4. The van der Waals surface area contributed by atoms with Gasteiger partial charge in [-0.25, -0.2) is 19.9 Å². The second-order valence-corrected chi connectivity index (χ2v) is 14.0. The van der Waals surface area contributed by atoms with Gasteiger partial charge in [-0.3, -0.25) is 19.2 Å². The van der Waals surface area contributed by atoms with Crippen molar-refractivity contribution in [3.63, 3.8) is 0 Å². The third-order valence-corrected chi connectivity index (χ3v) is 9.48. The van der Waals surface area contributed by atoms with Gasteiger partial charge in [0.25, 0.3) is 0 Å². The molecule has 8 rings (SSSR count). The van der Waals surface area contributed by atoms with Gasteiger partial charge in [-0.15, -0.1) is 0 Å². The van der Waals surface area contributed by atoms with Gasteiger partial charge in [-0.05, 0) is 132 Å². The Kier molecular flexibility index (Phi) is 11.1. The van der Waals surface area contributed by atoms with E-state index in [4.69, 9.17) is 38.9 Å². The van der Waals surface area contributed by atoms with E-state index in [1.807, 2.05) is 84.9 Å². The molecule has 0 saturated heterocycles. The summed E-state index contributed by atoms with van der Waals surface area (Å²) in [5.41, 5.74) is 9.76. The molecule has 0 aliphatic carbocycles. The summed E-state index contributed by atoms with van der Waals surface area (Å²) in [6.45, 7) is 5.78. The Balaban J connectivity index is 1.21. The monoisotopic (exact) mass is 808 g/mol. The van der Waals surface area contributed by atoms with Crippen molar-refractivity contribution >= 4 is 45.9 Å². The van der Waals surface area contributed by atoms with Gasteiger partial charge in [-0.1, -0.05) is 19.1 Å². The van der Waals surface area contributed by atoms with Gasteiger partial charge in [0, 0.05) is 49.4 Å². The molecule has 0 unspecified atom stereocenters. The van der Waals surface area contributed by atoms with Crippen LogP contribution in [0.1, 0.15) is 34.1 Å². The van der Waals surface area contributed by atoms with Crippen LogP contribution in [0.25, 0.3) is 78.2 Å². The van der Waals surface area contributed by atoms with Crippen LogP contribution in [0.3, 0.4) is 0 Å². The minimum Gasteiger partial charge on any atom is -0.427 e. The van der Waals surface area contributed by atoms with Crippen molar-refractivity contribution in [2.75, 3.05) is 0 Å². The van der Waals surface area contributed by atoms with E-state index in [2.05, 4.69) is 0 Å². The van der Waals surface area contributed by atoms with Gasteiger partial charge in [0.05, 0.1) is 44.8 Å². The second-order valence-electron chi connectivity index (χ2n) is 14.0. The van der Waals surface area contributed by atoms with Crippen LogP contribution in [0.2, 0.25) is 0 Å². The van der Waals surface area contributed by atoms with Crippen molar-refractivity contribution in [3.8, 4) is 79.2 Å². The van der Waals surface area contributed by atoms with Gasteiger partial charge < -0.3 is 18.9 Å². The first-order valence-electron chi connectivity index (χ1n) is 19.3. The molecule has 0 aliphatic heterocycles. The molecule has 2 aromatic heterocycles. The van der Waals surface area contributed by atoms with Crippen LogP contribution >= 0.6 is 0 Å². The normalized spacial score (nSPS) is 11.0. The van der Waals surface area contributed by atoms with E-state index < -0.39 is 17.9 Å². The Bertz CT molecular complexity index is 2990. The molecular formula is C49H36N4O8. The molecule has 0 N–H and O–H groups in total. The molecule has 0 spiro atoms. The molecule has 2 heterocycles. The van der Waals surface area contributed by atoms with Crippen molar-refractivity contribution in [2.45, 2.75) is 34.1 Å². The highest BCUT2D eigenvalue weighted by atomic mass is 16.5. The zero-order chi connectivity index (χ0) is 42.6. The number of aromatic nitrogens is 4. The number of carbonyl (C=O) groups is 4. The summed E-state index contributed by atoms with van der Waals surface area (Å²) in [7, 11) is 0. The van der Waals surface area contributed by atoms with Gasteiger partial charge in [0.1, 0.15) is 23.0 Å². The maximum absolute atomic E-state index is 11.9. The van der Waals surface area contributed by atoms with E-state index >= 15 is 0 Å². The summed E-state index contributed by atoms with van der Waals surface area (Å²) in [5, 5.41) is 0. The lowest BCUT2D eigenvalue weighted by Gasteiger charge is -2.14. The van der Waals surface area contributed by atoms with E-state index in [0.29, 0.717) is 67.8 Å². The van der Waals surface area contributed by atoms with Crippen molar-refractivity contribution < 1.29 is 38.1 Å². The predicted octanol–water partition coefficient (Wildman–Crippen LogP) is 10.00. The Morgan fingerprint density at radius 3 is 0.902 bits per heavy atom. The van der Waals surface area contributed by atoms with Crippen molar-refractivity contribution in [3.05, 3.63) is 133 Å². The van der Waals surface area contributed by atoms with Crippen LogP contribution in [0, 0.1) is 0 Å². The number of fused-ring (bicyclic) bond motifs is 2. The molecule has 61 heavy (non-hydrogen) atoms. The third kappa shape index (κ3) is 8.98. The summed E-state index contributed by atoms with van der Waals surface area (Å²) in [4.78, 5) is 67.1. The molecule has 0 atom stereocenters. The average Bonchev–Trinajstić information content (AvgIpc) is 3.25. The SMILES string of the molecule is CCC(=O)Oc1ccc(-c2nc3ccc(-c4ccc5nc(-c6ccc(OC(C)=O)cc6)c(-c6ccc(OC(C)=O)cc6)nc5c4)cc3nc2-c2ccc(OC(C)=O)cc2)cc1. The van der Waals surface area contributed by atoms with E-state index in [1.54, 1.807) is 55.5 Å². The minimum absolute atomic E-state index is 0.257. The zero-order valence-corrected chi connectivity index (χ0v) is 33.5. The molecule has 12 heteroatoms. The largest absolute Gasteiger partial charge is 0.427 e. The fraction of sp³-hybridized carbons (Fsp3) is 0.102. The Morgan fingerprint density at radius 2 is 0.623 bits per heavy atom. The van der Waals surface area contributed by atoms with Gasteiger partial charge >= 0.3 is 23.9 Å². The van der Waals surface area contributed by atoms with Crippen LogP contribution in [-0.2, 0) is 19.2 Å². The molecule has 12 nitrogen and oxygen atoms in total. The van der Waals surface area contributed by atoms with Gasteiger partial charge in [0.2, 0.25) is 0 Å². The lowest BCUT2D eigenvalue weighted by molar-refractivity contribution is -0.134. The smallest absolute Gasteiger partial charge is 0.310 e. The first-order valence-corrected chi connectivity index (χ1v) is 19.3. The van der Waals surface area contributed by atoms with E-state index in [9.17, 15) is 19.2 Å². The molecule has 6 aromatic carbocycles. The lowest BCUT2D eigenvalue weighted by Crippen LogP contribution is -2.05. The summed E-state index contributed by atoms with van der Waals surface area (Å²) < 4.78 is 21.2. The zero-order valence-electron chi connectivity index (χ0n) is 33.5. The summed E-state index contributed by atoms with van der Waals surface area (Å²) in [5.74, 6) is 0.0515. The molecule has 0 aliphatic rings. The van der Waals surface area contributed by atoms with E-state index in [-0.39, 0.29) is 12.4 Å². The molecule has 0 fully saturated rings. The number of benzene rings is 6. The summed E-state index contributed by atoms with van der Waals surface area (Å²) >= 11 is 0. The van der Waals surface area contributed by atoms with Crippen LogP contribution in [0.4, 0.5) is 0 Å². The number of hydrogen-bond donors (Lipinski definition) is 0. The highest BCUT2D eigenvalue weighted by Crippen LogP contribution is 2.37. The van der Waals surface area contributed by atoms with E-state index in [1.165, 1.54) is 20.8 Å². The molecular weight excluding hydrogens is 773 g/mol. The maximum atomic E-state index is 11.9. The van der Waals surface area contributed by atoms with Gasteiger partial charge in [0.15, 0.2) is 0 Å². The number of rotatable bonds is 10. The summed E-state index contributed by atoms with van der Waals surface area (Å²) in [6, 6.07) is 40.0. The first kappa shape index (κ1) is 39.7. The Hall–Kier alpha value is -8.12. The number of esters is 4. The standard InChI is InChI=1S/C49H36N4O8/c1-5-45(57)61-40-22-12-32(13-23-40)47-49(34-10-20-39(21-11-34)60-30(4)56)53-44-27-36(15-25-42(44)51-47)35-14-24-41-43(26-35)52-48(33-8-18-38(19-9-33)59-29(3)55)46(50-41)31-6-16-37(17-7-31)58-28(2)54/h6-27H,5H2,1-4H3. The molecule has 0 radical (unpaired) electrons. The lowest BCUT2D eigenvalue weighted by atomic mass is 10.0. The molecule has 300 valence electrons. The quantitative estimate of drug-likeness (QED) is 0.0953. The minimum atomic E-state index is -0.423. The van der Waals surface area contributed by atoms with Crippen LogP contribution in [0.15, 0.2) is 133 Å². The van der Waals surface area contributed by atoms with E-state index in [0.717, 1.165) is 33.4 Å². The summed E-state index contributed by atoms with van der Waals surface area (Å²) in [6.07, 6.45) is 0.257. The average molecular weight is 809 g/mol. The highest BCUT2D eigenvalue weighted by molar-refractivity contribution is 5.92. The maximum Gasteiger partial charge on any atom is 0.310 e. The van der Waals surface area contributed by atoms with Crippen molar-refractivity contribution in [2.24, 2.45) is 0 Å². The fourth-order valence-corrected chi connectivity index (χ4v) is 6.70. The predicted molar refractivity (Wildman–Crippen MR) is 230 cm³/mol. The van der Waals surface area contributed by atoms with Crippen molar-refractivity contribution in [1.29, 1.82) is 0 Å². The van der Waals surface area contributed by atoms with Crippen molar-refractivity contribution in [1.82, 2.24) is 19.9 Å². The van der Waals surface area contributed by atoms with Gasteiger partial charge in [-0.2, -0.15) is 0 Å². The molecule has 8 aromatic rings. The van der Waals surface area contributed by atoms with Crippen LogP contribution in [-0.4, -0.2) is 43.8 Å². The fourth-order valence-electron chi connectivity index (χ4n) is 6.70. The molecule has 0 bridgehead atoms. The highest BCUT2D eigenvalue weighted by Gasteiger charge is 2.18. The third-order valence-electron chi connectivity index (χ3n) is 9.48. The molecule has 0 saturated carbocycles. The Labute approximate surface area is 349 Å². The number of nitrogens with zero attached hydrogens (tertiary/aromatic N) is 4. The second kappa shape index (κ2) is 17.0. The Morgan fingerprint density at radius 1 is 0.361 bits per heavy atom. The topological polar surface area (TPSA) is 157 Å². The first-order chi connectivity index (χ1) is 29.5. The number of carbonyl (C=O) groups excluding carboxylic acids is 4. The van der Waals surface area contributed by atoms with Crippen LogP contribution in [0.5, 0.6) is 23.0 Å². The molecule has 0 amide bonds.